The summed E-state index contributed by atoms with van der Waals surface area (Å²) in [6.07, 6.45) is 8.71. The van der Waals surface area contributed by atoms with Crippen molar-refractivity contribution in [2.45, 2.75) is 64.3 Å². The molecule has 144 valence electrons. The molecule has 6 nitrogen and oxygen atoms in total. The Labute approximate surface area is 163 Å². The molecule has 3 rings (SSSR count). The number of aromatic nitrogens is 2. The van der Waals surface area contributed by atoms with Crippen molar-refractivity contribution in [3.8, 4) is 0 Å². The van der Waals surface area contributed by atoms with Crippen LogP contribution in [0.4, 0.5) is 5.69 Å². The van der Waals surface area contributed by atoms with E-state index < -0.39 is 0 Å². The van der Waals surface area contributed by atoms with E-state index in [1.54, 1.807) is 24.3 Å². The van der Waals surface area contributed by atoms with Crippen LogP contribution < -0.4 is 10.6 Å². The molecule has 0 atom stereocenters. The first-order valence-electron chi connectivity index (χ1n) is 9.70. The number of anilines is 1. The normalized spacial score (nSPS) is 15.1. The van der Waals surface area contributed by atoms with Crippen LogP contribution in [0.2, 0.25) is 0 Å². The molecule has 0 unspecified atom stereocenters. The highest BCUT2D eigenvalue weighted by Gasteiger charge is 2.17. The molecule has 2 aromatic rings. The van der Waals surface area contributed by atoms with Gasteiger partial charge in [0.05, 0.1) is 0 Å². The number of carbonyl (C=O) groups is 2. The molecule has 27 heavy (non-hydrogen) atoms. The standard InChI is InChI=1S/C20H26N4O2S/c1-2-8-17-23-24-20(27-17)19(26)22-16-12-7-9-14(13-16)18(25)21-15-10-5-3-4-6-11-15/h7,9,12-13,15H,2-6,8,10-11H2,1H3,(H,21,25)(H,22,26). The number of carbonyl (C=O) groups excluding carboxylic acids is 2. The molecule has 0 aliphatic heterocycles. The number of amides is 2. The second-order valence-electron chi connectivity index (χ2n) is 6.95. The highest BCUT2D eigenvalue weighted by atomic mass is 32.1. The Morgan fingerprint density at radius 2 is 1.89 bits per heavy atom. The maximum absolute atomic E-state index is 12.6. The quantitative estimate of drug-likeness (QED) is 0.729. The van der Waals surface area contributed by atoms with E-state index >= 15 is 0 Å². The number of hydrogen-bond donors (Lipinski definition) is 2. The molecule has 1 aliphatic rings. The van der Waals surface area contributed by atoms with Gasteiger partial charge in [-0.2, -0.15) is 0 Å². The second-order valence-corrected chi connectivity index (χ2v) is 8.01. The van der Waals surface area contributed by atoms with Crippen LogP contribution in [0.5, 0.6) is 0 Å². The summed E-state index contributed by atoms with van der Waals surface area (Å²) in [4.78, 5) is 24.9. The molecule has 0 saturated heterocycles. The first-order valence-corrected chi connectivity index (χ1v) is 10.5. The van der Waals surface area contributed by atoms with E-state index in [-0.39, 0.29) is 17.9 Å². The zero-order valence-electron chi connectivity index (χ0n) is 15.7. The molecule has 7 heteroatoms. The van der Waals surface area contributed by atoms with Gasteiger partial charge in [0, 0.05) is 23.7 Å². The van der Waals surface area contributed by atoms with Crippen LogP contribution in [0.1, 0.15) is 77.0 Å². The SMILES string of the molecule is CCCc1nnc(C(=O)Nc2cccc(C(=O)NC3CCCCCC3)c2)s1. The summed E-state index contributed by atoms with van der Waals surface area (Å²) in [5.41, 5.74) is 1.14. The molecule has 2 N–H and O–H groups in total. The Morgan fingerprint density at radius 3 is 2.63 bits per heavy atom. The minimum Gasteiger partial charge on any atom is -0.349 e. The molecule has 1 aromatic heterocycles. The van der Waals surface area contributed by atoms with E-state index in [0.717, 1.165) is 30.7 Å². The Hall–Kier alpha value is -2.28. The van der Waals surface area contributed by atoms with Gasteiger partial charge in [-0.05, 0) is 37.5 Å². The number of benzene rings is 1. The van der Waals surface area contributed by atoms with Gasteiger partial charge in [0.15, 0.2) is 0 Å². The van der Waals surface area contributed by atoms with Gasteiger partial charge in [0.2, 0.25) is 5.01 Å². The average molecular weight is 387 g/mol. The fourth-order valence-electron chi connectivity index (χ4n) is 3.28. The van der Waals surface area contributed by atoms with Crippen LogP contribution >= 0.6 is 11.3 Å². The van der Waals surface area contributed by atoms with Gasteiger partial charge in [0.25, 0.3) is 11.8 Å². The van der Waals surface area contributed by atoms with Crippen molar-refractivity contribution >= 4 is 28.8 Å². The Bertz CT molecular complexity index is 782. The van der Waals surface area contributed by atoms with Crippen molar-refractivity contribution in [2.75, 3.05) is 5.32 Å². The summed E-state index contributed by atoms with van der Waals surface area (Å²) in [6.45, 7) is 2.06. The van der Waals surface area contributed by atoms with E-state index in [2.05, 4.69) is 27.8 Å². The third-order valence-electron chi connectivity index (χ3n) is 4.70. The molecule has 1 aromatic carbocycles. The van der Waals surface area contributed by atoms with Gasteiger partial charge in [0.1, 0.15) is 5.01 Å². The van der Waals surface area contributed by atoms with Gasteiger partial charge >= 0.3 is 0 Å². The summed E-state index contributed by atoms with van der Waals surface area (Å²) in [5, 5.41) is 15.1. The highest BCUT2D eigenvalue weighted by molar-refractivity contribution is 7.13. The minimum absolute atomic E-state index is 0.0841. The zero-order chi connectivity index (χ0) is 19.1. The Morgan fingerprint density at radius 1 is 1.11 bits per heavy atom. The van der Waals surface area contributed by atoms with Crippen LogP contribution in [-0.4, -0.2) is 28.1 Å². The topological polar surface area (TPSA) is 84.0 Å². The van der Waals surface area contributed by atoms with Crippen molar-refractivity contribution in [3.63, 3.8) is 0 Å². The third-order valence-corrected chi connectivity index (χ3v) is 5.68. The fraction of sp³-hybridized carbons (Fsp3) is 0.500. The number of nitrogens with one attached hydrogen (secondary N) is 2. The number of rotatable bonds is 6. The van der Waals surface area contributed by atoms with Gasteiger partial charge in [-0.1, -0.05) is 50.0 Å². The predicted molar refractivity (Wildman–Crippen MR) is 107 cm³/mol. The van der Waals surface area contributed by atoms with Crippen molar-refractivity contribution in [3.05, 3.63) is 39.8 Å². The van der Waals surface area contributed by atoms with Gasteiger partial charge in [-0.25, -0.2) is 0 Å². The van der Waals surface area contributed by atoms with E-state index in [9.17, 15) is 9.59 Å². The lowest BCUT2D eigenvalue weighted by Gasteiger charge is -2.16. The van der Waals surface area contributed by atoms with Gasteiger partial charge in [-0.3, -0.25) is 9.59 Å². The van der Waals surface area contributed by atoms with Gasteiger partial charge < -0.3 is 10.6 Å². The summed E-state index contributed by atoms with van der Waals surface area (Å²) < 4.78 is 0. The lowest BCUT2D eigenvalue weighted by molar-refractivity contribution is 0.0932. The molecule has 1 heterocycles. The summed E-state index contributed by atoms with van der Waals surface area (Å²) in [7, 11) is 0. The smallest absolute Gasteiger partial charge is 0.286 e. The first kappa shape index (κ1) is 19.5. The van der Waals surface area contributed by atoms with Crippen LogP contribution in [0, 0.1) is 0 Å². The summed E-state index contributed by atoms with van der Waals surface area (Å²) in [6, 6.07) is 7.27. The Kier molecular flexibility index (Phi) is 6.92. The summed E-state index contributed by atoms with van der Waals surface area (Å²) >= 11 is 1.31. The number of nitrogens with zero attached hydrogens (tertiary/aromatic N) is 2. The maximum atomic E-state index is 12.6. The average Bonchev–Trinajstić information content (AvgIpc) is 2.99. The number of aryl methyl sites for hydroxylation is 1. The zero-order valence-corrected chi connectivity index (χ0v) is 16.5. The maximum Gasteiger partial charge on any atom is 0.286 e. The molecule has 1 fully saturated rings. The van der Waals surface area contributed by atoms with E-state index in [0.29, 0.717) is 16.3 Å². The molecule has 0 bridgehead atoms. The largest absolute Gasteiger partial charge is 0.349 e. The monoisotopic (exact) mass is 386 g/mol. The van der Waals surface area contributed by atoms with Gasteiger partial charge in [-0.15, -0.1) is 10.2 Å². The predicted octanol–water partition coefficient (Wildman–Crippen LogP) is 4.20. The Balaban J connectivity index is 1.62. The molecule has 2 amide bonds. The van der Waals surface area contributed by atoms with E-state index in [1.807, 2.05) is 0 Å². The van der Waals surface area contributed by atoms with Crippen molar-refractivity contribution in [1.29, 1.82) is 0 Å². The second kappa shape index (κ2) is 9.60. The van der Waals surface area contributed by atoms with Crippen LogP contribution in [-0.2, 0) is 6.42 Å². The molecule has 0 radical (unpaired) electrons. The molecular weight excluding hydrogens is 360 g/mol. The van der Waals surface area contributed by atoms with Crippen LogP contribution in [0.15, 0.2) is 24.3 Å². The van der Waals surface area contributed by atoms with E-state index in [4.69, 9.17) is 0 Å². The van der Waals surface area contributed by atoms with Crippen molar-refractivity contribution in [2.24, 2.45) is 0 Å². The fourth-order valence-corrected chi connectivity index (χ4v) is 4.11. The van der Waals surface area contributed by atoms with Crippen LogP contribution in [0.25, 0.3) is 0 Å². The minimum atomic E-state index is -0.295. The summed E-state index contributed by atoms with van der Waals surface area (Å²) in [5.74, 6) is -0.379. The molecule has 1 saturated carbocycles. The first-order chi connectivity index (χ1) is 13.2. The molecular formula is C20H26N4O2S. The van der Waals surface area contributed by atoms with E-state index in [1.165, 1.54) is 37.0 Å². The molecule has 1 aliphatic carbocycles. The lowest BCUT2D eigenvalue weighted by atomic mass is 10.1. The van der Waals surface area contributed by atoms with Crippen LogP contribution in [0.3, 0.4) is 0 Å². The van der Waals surface area contributed by atoms with Crippen molar-refractivity contribution in [1.82, 2.24) is 15.5 Å². The number of hydrogen-bond acceptors (Lipinski definition) is 5. The van der Waals surface area contributed by atoms with Crippen molar-refractivity contribution < 1.29 is 9.59 Å². The molecule has 0 spiro atoms. The highest BCUT2D eigenvalue weighted by Crippen LogP contribution is 2.19. The third kappa shape index (κ3) is 5.60. The lowest BCUT2D eigenvalue weighted by Crippen LogP contribution is -2.34.